The Hall–Kier alpha value is -3.00. The number of halogens is 2. The van der Waals surface area contributed by atoms with Crippen molar-refractivity contribution in [2.75, 3.05) is 0 Å². The fourth-order valence-corrected chi connectivity index (χ4v) is 3.68. The third-order valence-electron chi connectivity index (χ3n) is 4.75. The Labute approximate surface area is 136 Å². The Kier molecular flexibility index (Phi) is 2.66. The smallest absolute Gasteiger partial charge is 0.132 e. The minimum atomic E-state index is -0.354. The van der Waals surface area contributed by atoms with Crippen LogP contribution in [0.3, 0.4) is 0 Å². The van der Waals surface area contributed by atoms with E-state index in [0.717, 1.165) is 32.3 Å². The fourth-order valence-electron chi connectivity index (χ4n) is 3.68. The van der Waals surface area contributed by atoms with Crippen molar-refractivity contribution in [2.24, 2.45) is 0 Å². The molecule has 0 saturated heterocycles. The van der Waals surface area contributed by atoms with Crippen LogP contribution in [0.25, 0.3) is 43.1 Å². The lowest BCUT2D eigenvalue weighted by Gasteiger charge is -2.11. The molecular formula is C22H12F2. The van der Waals surface area contributed by atoms with Crippen molar-refractivity contribution in [1.82, 2.24) is 0 Å². The topological polar surface area (TPSA) is 0 Å². The van der Waals surface area contributed by atoms with E-state index < -0.39 is 0 Å². The molecule has 114 valence electrons. The highest BCUT2D eigenvalue weighted by atomic mass is 19.1. The van der Waals surface area contributed by atoms with E-state index in [1.165, 1.54) is 18.2 Å². The average Bonchev–Trinajstić information content (AvgIpc) is 2.60. The summed E-state index contributed by atoms with van der Waals surface area (Å²) in [6.45, 7) is 0. The van der Waals surface area contributed by atoms with E-state index in [0.29, 0.717) is 10.8 Å². The Morgan fingerprint density at radius 2 is 1.17 bits per heavy atom. The first-order valence-corrected chi connectivity index (χ1v) is 7.84. The van der Waals surface area contributed by atoms with Gasteiger partial charge >= 0.3 is 0 Å². The molecule has 5 rings (SSSR count). The summed E-state index contributed by atoms with van der Waals surface area (Å²) in [5.41, 5.74) is 0. The first-order chi connectivity index (χ1) is 11.7. The van der Waals surface area contributed by atoms with Crippen molar-refractivity contribution in [3.8, 4) is 0 Å². The highest BCUT2D eigenvalue weighted by molar-refractivity contribution is 6.22. The molecular weight excluding hydrogens is 302 g/mol. The SMILES string of the molecule is Fc1ccc2c(c1)cc(F)c1c2ccc2c3ccccc3ccc21. The molecule has 0 heterocycles. The number of benzene rings is 5. The number of hydrogen-bond donors (Lipinski definition) is 0. The van der Waals surface area contributed by atoms with Gasteiger partial charge in [0.05, 0.1) is 0 Å². The van der Waals surface area contributed by atoms with Crippen LogP contribution in [-0.4, -0.2) is 0 Å². The minimum Gasteiger partial charge on any atom is -0.207 e. The lowest BCUT2D eigenvalue weighted by atomic mass is 9.94. The van der Waals surface area contributed by atoms with Crippen LogP contribution in [0.2, 0.25) is 0 Å². The van der Waals surface area contributed by atoms with Gasteiger partial charge in [0, 0.05) is 5.39 Å². The molecule has 0 amide bonds. The fraction of sp³-hybridized carbons (Fsp3) is 0. The van der Waals surface area contributed by atoms with E-state index in [1.54, 1.807) is 6.07 Å². The molecule has 0 aliphatic carbocycles. The molecule has 0 nitrogen and oxygen atoms in total. The lowest BCUT2D eigenvalue weighted by molar-refractivity contribution is 0.629. The normalized spacial score (nSPS) is 11.8. The van der Waals surface area contributed by atoms with Gasteiger partial charge in [-0.05, 0) is 55.9 Å². The molecule has 0 fully saturated rings. The molecule has 0 saturated carbocycles. The van der Waals surface area contributed by atoms with Crippen LogP contribution < -0.4 is 0 Å². The zero-order valence-electron chi connectivity index (χ0n) is 12.7. The maximum Gasteiger partial charge on any atom is 0.132 e. The number of fused-ring (bicyclic) bond motifs is 7. The molecule has 0 spiro atoms. The molecule has 2 heteroatoms. The van der Waals surface area contributed by atoms with E-state index in [1.807, 2.05) is 36.4 Å². The zero-order chi connectivity index (χ0) is 16.3. The summed E-state index contributed by atoms with van der Waals surface area (Å²) in [6.07, 6.45) is 0. The molecule has 0 unspecified atom stereocenters. The van der Waals surface area contributed by atoms with Gasteiger partial charge in [-0.1, -0.05) is 54.6 Å². The van der Waals surface area contributed by atoms with E-state index in [4.69, 9.17) is 0 Å². The molecule has 0 aliphatic heterocycles. The predicted octanol–water partition coefficient (Wildman–Crippen LogP) is 6.58. The van der Waals surface area contributed by atoms with Gasteiger partial charge in [0.2, 0.25) is 0 Å². The third kappa shape index (κ3) is 1.77. The van der Waals surface area contributed by atoms with Crippen molar-refractivity contribution >= 4 is 43.1 Å². The van der Waals surface area contributed by atoms with Gasteiger partial charge in [-0.2, -0.15) is 0 Å². The Balaban J connectivity index is 2.04. The van der Waals surface area contributed by atoms with E-state index in [9.17, 15) is 8.78 Å². The van der Waals surface area contributed by atoms with Gasteiger partial charge in [0.25, 0.3) is 0 Å². The summed E-state index contributed by atoms with van der Waals surface area (Å²) >= 11 is 0. The quantitative estimate of drug-likeness (QED) is 0.283. The van der Waals surface area contributed by atoms with Crippen LogP contribution in [0.4, 0.5) is 8.78 Å². The summed E-state index contributed by atoms with van der Waals surface area (Å²) in [6, 6.07) is 22.0. The van der Waals surface area contributed by atoms with Gasteiger partial charge < -0.3 is 0 Å². The van der Waals surface area contributed by atoms with Crippen molar-refractivity contribution in [1.29, 1.82) is 0 Å². The second kappa shape index (κ2) is 4.75. The monoisotopic (exact) mass is 314 g/mol. The van der Waals surface area contributed by atoms with E-state index in [-0.39, 0.29) is 11.6 Å². The highest BCUT2D eigenvalue weighted by Crippen LogP contribution is 2.36. The van der Waals surface area contributed by atoms with Crippen molar-refractivity contribution in [3.05, 3.63) is 84.4 Å². The molecule has 0 aromatic heterocycles. The van der Waals surface area contributed by atoms with Gasteiger partial charge in [0.15, 0.2) is 0 Å². The lowest BCUT2D eigenvalue weighted by Crippen LogP contribution is -1.87. The standard InChI is InChI=1S/C22H12F2/c23-15-6-8-17-14(11-15)12-21(24)22-19(17)10-9-18-16-4-2-1-3-13(16)5-7-20(18)22/h1-12H. The number of hydrogen-bond acceptors (Lipinski definition) is 0. The summed E-state index contributed by atoms with van der Waals surface area (Å²) in [5, 5.41) is 7.01. The molecule has 5 aromatic rings. The van der Waals surface area contributed by atoms with Crippen LogP contribution >= 0.6 is 0 Å². The van der Waals surface area contributed by atoms with Crippen LogP contribution in [0.15, 0.2) is 72.8 Å². The van der Waals surface area contributed by atoms with Gasteiger partial charge in [0.1, 0.15) is 11.6 Å². The molecule has 5 aromatic carbocycles. The second-order valence-electron chi connectivity index (χ2n) is 6.09. The first-order valence-electron chi connectivity index (χ1n) is 7.84. The van der Waals surface area contributed by atoms with Gasteiger partial charge in [-0.25, -0.2) is 8.78 Å². The van der Waals surface area contributed by atoms with Gasteiger partial charge in [-0.15, -0.1) is 0 Å². The molecule has 0 N–H and O–H groups in total. The first kappa shape index (κ1) is 13.4. The second-order valence-corrected chi connectivity index (χ2v) is 6.09. The number of rotatable bonds is 0. The van der Waals surface area contributed by atoms with Crippen LogP contribution in [0, 0.1) is 11.6 Å². The summed E-state index contributed by atoms with van der Waals surface area (Å²) < 4.78 is 28.3. The Morgan fingerprint density at radius 3 is 2.08 bits per heavy atom. The molecule has 0 radical (unpaired) electrons. The summed E-state index contributed by atoms with van der Waals surface area (Å²) in [7, 11) is 0. The van der Waals surface area contributed by atoms with Gasteiger partial charge in [-0.3, -0.25) is 0 Å². The third-order valence-corrected chi connectivity index (χ3v) is 4.75. The maximum absolute atomic E-state index is 14.9. The molecule has 0 atom stereocenters. The summed E-state index contributed by atoms with van der Waals surface area (Å²) in [4.78, 5) is 0. The van der Waals surface area contributed by atoms with E-state index >= 15 is 0 Å². The van der Waals surface area contributed by atoms with Crippen molar-refractivity contribution < 1.29 is 8.78 Å². The molecule has 0 bridgehead atoms. The Bertz CT molecular complexity index is 1270. The summed E-state index contributed by atoms with van der Waals surface area (Å²) in [5.74, 6) is -0.669. The molecule has 24 heavy (non-hydrogen) atoms. The minimum absolute atomic E-state index is 0.316. The Morgan fingerprint density at radius 1 is 0.500 bits per heavy atom. The maximum atomic E-state index is 14.9. The van der Waals surface area contributed by atoms with Crippen molar-refractivity contribution in [2.45, 2.75) is 0 Å². The average molecular weight is 314 g/mol. The van der Waals surface area contributed by atoms with Crippen LogP contribution in [-0.2, 0) is 0 Å². The van der Waals surface area contributed by atoms with Crippen LogP contribution in [0.5, 0.6) is 0 Å². The zero-order valence-corrected chi connectivity index (χ0v) is 12.7. The van der Waals surface area contributed by atoms with E-state index in [2.05, 4.69) is 12.1 Å². The highest BCUT2D eigenvalue weighted by Gasteiger charge is 2.12. The van der Waals surface area contributed by atoms with Crippen molar-refractivity contribution in [3.63, 3.8) is 0 Å². The van der Waals surface area contributed by atoms with Crippen LogP contribution in [0.1, 0.15) is 0 Å². The predicted molar refractivity (Wildman–Crippen MR) is 96.4 cm³/mol. The molecule has 0 aliphatic rings. The largest absolute Gasteiger partial charge is 0.207 e.